The number of halogens is 1. The van der Waals surface area contributed by atoms with Crippen LogP contribution in [0.5, 0.6) is 11.6 Å². The van der Waals surface area contributed by atoms with Crippen LogP contribution in [0.3, 0.4) is 0 Å². The monoisotopic (exact) mass is 539 g/mol. The molecule has 0 aliphatic rings. The summed E-state index contributed by atoms with van der Waals surface area (Å²) in [7, 11) is 3.11. The Balaban J connectivity index is 1.79. The average molecular weight is 540 g/mol. The Bertz CT molecular complexity index is 1320. The van der Waals surface area contributed by atoms with Crippen LogP contribution in [0.2, 0.25) is 0 Å². The molecule has 0 aliphatic heterocycles. The molecule has 2 aromatic heterocycles. The lowest BCUT2D eigenvalue weighted by atomic mass is 10.1. The molecule has 0 bridgehead atoms. The fraction of sp³-hybridized carbons (Fsp3) is 0.231. The second kappa shape index (κ2) is 10.9. The van der Waals surface area contributed by atoms with Gasteiger partial charge in [0.25, 0.3) is 5.91 Å². The number of fused-ring (bicyclic) bond motifs is 1. The summed E-state index contributed by atoms with van der Waals surface area (Å²) in [6, 6.07) is 18.0. The maximum absolute atomic E-state index is 13.9. The third kappa shape index (κ3) is 5.32. The summed E-state index contributed by atoms with van der Waals surface area (Å²) in [6.45, 7) is 2.29. The van der Waals surface area contributed by atoms with Crippen molar-refractivity contribution in [3.05, 3.63) is 87.7 Å². The van der Waals surface area contributed by atoms with Crippen molar-refractivity contribution in [3.8, 4) is 11.6 Å². The van der Waals surface area contributed by atoms with E-state index in [2.05, 4.69) is 20.9 Å². The number of ether oxygens (including phenoxy) is 2. The van der Waals surface area contributed by atoms with Crippen LogP contribution in [0.1, 0.15) is 33.4 Å². The Hall–Kier alpha value is -3.40. The highest BCUT2D eigenvalue weighted by Gasteiger charge is 2.31. The molecule has 0 aliphatic carbocycles. The van der Waals surface area contributed by atoms with E-state index >= 15 is 0 Å². The summed E-state index contributed by atoms with van der Waals surface area (Å²) in [4.78, 5) is 24.9. The second-order valence-electron chi connectivity index (χ2n) is 7.95. The lowest BCUT2D eigenvalue weighted by molar-refractivity contribution is 0.0340. The van der Waals surface area contributed by atoms with Crippen LogP contribution in [0.25, 0.3) is 11.0 Å². The van der Waals surface area contributed by atoms with Crippen LogP contribution in [0.4, 0.5) is 0 Å². The molecule has 4 rings (SSSR count). The number of carbonyl (C=O) groups is 1. The van der Waals surface area contributed by atoms with Crippen molar-refractivity contribution in [3.63, 3.8) is 0 Å². The maximum atomic E-state index is 13.9. The SMILES string of the molecule is COc1ccc(CN(C(=O)c2ccc(Br)c(OC)n2)[C@H](CON)c2cc3c(C)cccc3o2)cc1. The fourth-order valence-electron chi connectivity index (χ4n) is 3.89. The van der Waals surface area contributed by atoms with Crippen LogP contribution in [-0.4, -0.2) is 36.6 Å². The number of aryl methyl sites for hydroxylation is 1. The number of methoxy groups -OCH3 is 2. The van der Waals surface area contributed by atoms with E-state index < -0.39 is 6.04 Å². The molecule has 0 unspecified atom stereocenters. The zero-order valence-corrected chi connectivity index (χ0v) is 21.2. The number of furan rings is 1. The number of rotatable bonds is 9. The third-order valence-electron chi connectivity index (χ3n) is 5.76. The van der Waals surface area contributed by atoms with Crippen molar-refractivity contribution in [1.82, 2.24) is 9.88 Å². The summed E-state index contributed by atoms with van der Waals surface area (Å²) >= 11 is 3.39. The van der Waals surface area contributed by atoms with Crippen LogP contribution < -0.4 is 15.4 Å². The summed E-state index contributed by atoms with van der Waals surface area (Å²) in [5.74, 6) is 6.79. The zero-order chi connectivity index (χ0) is 24.9. The molecule has 0 saturated heterocycles. The number of amides is 1. The summed E-state index contributed by atoms with van der Waals surface area (Å²) < 4.78 is 17.4. The van der Waals surface area contributed by atoms with Gasteiger partial charge in [-0.2, -0.15) is 0 Å². The molecule has 9 heteroatoms. The first-order valence-corrected chi connectivity index (χ1v) is 11.7. The number of hydrogen-bond donors (Lipinski definition) is 1. The van der Waals surface area contributed by atoms with E-state index in [1.807, 2.05) is 55.5 Å². The highest BCUT2D eigenvalue weighted by molar-refractivity contribution is 9.10. The molecule has 182 valence electrons. The molecule has 1 amide bonds. The van der Waals surface area contributed by atoms with E-state index in [4.69, 9.17) is 24.6 Å². The number of hydrogen-bond acceptors (Lipinski definition) is 7. The standard InChI is InChI=1S/C26H26BrN3O5/c1-16-5-4-6-23-19(16)13-24(35-23)22(15-34-28)30(14-17-7-9-18(32-2)10-8-17)26(31)21-12-11-20(27)25(29-21)33-3/h4-13,22H,14-15,28H2,1-3H3/t22-/m1/s1. The second-order valence-corrected chi connectivity index (χ2v) is 8.81. The van der Waals surface area contributed by atoms with Crippen molar-refractivity contribution in [2.45, 2.75) is 19.5 Å². The zero-order valence-electron chi connectivity index (χ0n) is 19.7. The van der Waals surface area contributed by atoms with E-state index in [0.717, 1.165) is 27.8 Å². The maximum Gasteiger partial charge on any atom is 0.273 e. The number of benzene rings is 2. The van der Waals surface area contributed by atoms with Gasteiger partial charge < -0.3 is 23.6 Å². The van der Waals surface area contributed by atoms with Crippen molar-refractivity contribution < 1.29 is 23.5 Å². The molecule has 2 heterocycles. The van der Waals surface area contributed by atoms with Crippen molar-refractivity contribution >= 4 is 32.8 Å². The molecule has 0 spiro atoms. The smallest absolute Gasteiger partial charge is 0.273 e. The molecule has 35 heavy (non-hydrogen) atoms. The minimum absolute atomic E-state index is 0.0222. The number of nitrogens with zero attached hydrogens (tertiary/aromatic N) is 2. The number of nitrogens with two attached hydrogens (primary N) is 1. The van der Waals surface area contributed by atoms with E-state index in [-0.39, 0.29) is 24.8 Å². The molecule has 2 aromatic carbocycles. The van der Waals surface area contributed by atoms with Crippen molar-refractivity contribution in [1.29, 1.82) is 0 Å². The topological polar surface area (TPSA) is 100 Å². The van der Waals surface area contributed by atoms with Crippen LogP contribution in [-0.2, 0) is 11.4 Å². The first-order valence-electron chi connectivity index (χ1n) is 10.9. The Morgan fingerprint density at radius 2 is 1.89 bits per heavy atom. The normalized spacial score (nSPS) is 11.9. The van der Waals surface area contributed by atoms with Gasteiger partial charge in [-0.1, -0.05) is 24.3 Å². The molecule has 0 radical (unpaired) electrons. The fourth-order valence-corrected chi connectivity index (χ4v) is 4.27. The van der Waals surface area contributed by atoms with Gasteiger partial charge >= 0.3 is 0 Å². The summed E-state index contributed by atoms with van der Waals surface area (Å²) in [6.07, 6.45) is 0. The van der Waals surface area contributed by atoms with Crippen LogP contribution in [0, 0.1) is 6.92 Å². The molecular formula is C26H26BrN3O5. The highest BCUT2D eigenvalue weighted by atomic mass is 79.9. The average Bonchev–Trinajstić information content (AvgIpc) is 3.32. The van der Waals surface area contributed by atoms with Gasteiger partial charge in [0.15, 0.2) is 0 Å². The van der Waals surface area contributed by atoms with Gasteiger partial charge in [-0.15, -0.1) is 0 Å². The van der Waals surface area contributed by atoms with Gasteiger partial charge in [0.1, 0.15) is 28.8 Å². The van der Waals surface area contributed by atoms with Gasteiger partial charge in [0, 0.05) is 11.9 Å². The van der Waals surface area contributed by atoms with Gasteiger partial charge in [-0.25, -0.2) is 10.9 Å². The first-order chi connectivity index (χ1) is 16.9. The van der Waals surface area contributed by atoms with Gasteiger partial charge in [0.2, 0.25) is 5.88 Å². The number of carbonyl (C=O) groups excluding carboxylic acids is 1. The minimum atomic E-state index is -0.613. The molecule has 2 N–H and O–H groups in total. The molecular weight excluding hydrogens is 514 g/mol. The lowest BCUT2D eigenvalue weighted by Gasteiger charge is -2.30. The number of pyridine rings is 1. The van der Waals surface area contributed by atoms with Gasteiger partial charge in [-0.3, -0.25) is 4.79 Å². The third-order valence-corrected chi connectivity index (χ3v) is 6.36. The lowest BCUT2D eigenvalue weighted by Crippen LogP contribution is -2.37. The van der Waals surface area contributed by atoms with E-state index in [0.29, 0.717) is 16.1 Å². The molecule has 0 saturated carbocycles. The molecule has 0 fully saturated rings. The van der Waals surface area contributed by atoms with E-state index in [9.17, 15) is 4.79 Å². The minimum Gasteiger partial charge on any atom is -0.497 e. The molecule has 8 nitrogen and oxygen atoms in total. The Labute approximate surface area is 211 Å². The Morgan fingerprint density at radius 1 is 1.11 bits per heavy atom. The van der Waals surface area contributed by atoms with Gasteiger partial charge in [0.05, 0.1) is 25.3 Å². The highest BCUT2D eigenvalue weighted by Crippen LogP contribution is 2.32. The predicted octanol–water partition coefficient (Wildman–Crippen LogP) is 5.19. The van der Waals surface area contributed by atoms with Crippen LogP contribution in [0.15, 0.2) is 69.6 Å². The van der Waals surface area contributed by atoms with E-state index in [1.54, 1.807) is 24.1 Å². The van der Waals surface area contributed by atoms with Crippen LogP contribution >= 0.6 is 15.9 Å². The first kappa shape index (κ1) is 24.7. The van der Waals surface area contributed by atoms with Crippen molar-refractivity contribution in [2.75, 3.05) is 20.8 Å². The summed E-state index contributed by atoms with van der Waals surface area (Å²) in [5.41, 5.74) is 2.89. The molecule has 4 aromatic rings. The molecule has 1 atom stereocenters. The predicted molar refractivity (Wildman–Crippen MR) is 135 cm³/mol. The Morgan fingerprint density at radius 3 is 2.54 bits per heavy atom. The Kier molecular flexibility index (Phi) is 7.70. The van der Waals surface area contributed by atoms with Gasteiger partial charge in [-0.05, 0) is 70.4 Å². The van der Waals surface area contributed by atoms with E-state index in [1.165, 1.54) is 7.11 Å². The largest absolute Gasteiger partial charge is 0.497 e. The van der Waals surface area contributed by atoms with Crippen molar-refractivity contribution in [2.24, 2.45) is 5.90 Å². The quantitative estimate of drug-likeness (QED) is 0.292. The summed E-state index contributed by atoms with van der Waals surface area (Å²) in [5, 5.41) is 0.963. The number of aromatic nitrogens is 1.